The van der Waals surface area contributed by atoms with E-state index in [1.165, 1.54) is 0 Å². The molecular weight excluding hydrogens is 430 g/mol. The highest BCUT2D eigenvalue weighted by Crippen LogP contribution is 2.29. The van der Waals surface area contributed by atoms with Crippen LogP contribution in [0.25, 0.3) is 11.3 Å². The fourth-order valence-electron chi connectivity index (χ4n) is 2.60. The molecule has 8 heteroatoms. The van der Waals surface area contributed by atoms with Crippen molar-refractivity contribution in [2.24, 2.45) is 0 Å². The summed E-state index contributed by atoms with van der Waals surface area (Å²) >= 11 is 9.58. The van der Waals surface area contributed by atoms with Gasteiger partial charge in [0.2, 0.25) is 5.95 Å². The van der Waals surface area contributed by atoms with E-state index in [0.29, 0.717) is 27.8 Å². The summed E-state index contributed by atoms with van der Waals surface area (Å²) < 4.78 is 0.947. The van der Waals surface area contributed by atoms with Crippen LogP contribution in [0.5, 0.6) is 0 Å². The molecule has 0 aliphatic carbocycles. The molecule has 0 aliphatic rings. The predicted octanol–water partition coefficient (Wildman–Crippen LogP) is 4.55. The minimum atomic E-state index is -0.267. The van der Waals surface area contributed by atoms with E-state index < -0.39 is 0 Å². The number of nitrogens with one attached hydrogen (secondary N) is 2. The lowest BCUT2D eigenvalue weighted by molar-refractivity contribution is 0.0963. The molecule has 3 aromatic rings. The first-order valence-electron chi connectivity index (χ1n) is 8.07. The monoisotopic (exact) mass is 445 g/mol. The van der Waals surface area contributed by atoms with E-state index in [0.717, 1.165) is 15.6 Å². The maximum atomic E-state index is 11.9. The molecule has 27 heavy (non-hydrogen) atoms. The van der Waals surface area contributed by atoms with Crippen molar-refractivity contribution < 1.29 is 4.79 Å². The minimum Gasteiger partial charge on any atom is -0.368 e. The molecule has 4 N–H and O–H groups in total. The summed E-state index contributed by atoms with van der Waals surface area (Å²) in [4.78, 5) is 20.5. The molecule has 6 nitrogen and oxygen atoms in total. The summed E-state index contributed by atoms with van der Waals surface area (Å²) in [6.07, 6.45) is 0. The lowest BCUT2D eigenvalue weighted by Gasteiger charge is -2.12. The Kier molecular flexibility index (Phi) is 5.62. The molecule has 1 amide bonds. The Morgan fingerprint density at radius 2 is 1.93 bits per heavy atom. The van der Waals surface area contributed by atoms with Crippen LogP contribution in [0.1, 0.15) is 15.9 Å². The fraction of sp³-hybridized carbons (Fsp3) is 0.105. The van der Waals surface area contributed by atoms with Gasteiger partial charge in [-0.3, -0.25) is 4.79 Å². The number of rotatable bonds is 4. The number of aromatic nitrogens is 2. The quantitative estimate of drug-likeness (QED) is 0.546. The minimum absolute atomic E-state index is 0.148. The zero-order chi connectivity index (χ0) is 19.6. The Morgan fingerprint density at radius 3 is 2.67 bits per heavy atom. The average molecular weight is 447 g/mol. The van der Waals surface area contributed by atoms with E-state index in [2.05, 4.69) is 36.5 Å². The predicted molar refractivity (Wildman–Crippen MR) is 112 cm³/mol. The lowest BCUT2D eigenvalue weighted by Crippen LogP contribution is -2.18. The molecular formula is C19H17BrClN5O. The summed E-state index contributed by atoms with van der Waals surface area (Å²) in [5, 5.41) is 6.09. The molecule has 0 spiro atoms. The molecule has 138 valence electrons. The van der Waals surface area contributed by atoms with Crippen LogP contribution in [0.15, 0.2) is 46.9 Å². The third-order valence-electron chi connectivity index (χ3n) is 3.93. The van der Waals surface area contributed by atoms with Crippen LogP contribution >= 0.6 is 27.5 Å². The molecule has 0 aliphatic heterocycles. The van der Waals surface area contributed by atoms with Gasteiger partial charge in [-0.1, -0.05) is 33.6 Å². The summed E-state index contributed by atoms with van der Waals surface area (Å²) in [5.74, 6) is 0.396. The number of hydrogen-bond acceptors (Lipinski definition) is 5. The van der Waals surface area contributed by atoms with Crippen molar-refractivity contribution in [3.63, 3.8) is 0 Å². The molecule has 1 heterocycles. The van der Waals surface area contributed by atoms with Crippen LogP contribution in [0.4, 0.5) is 17.5 Å². The Hall–Kier alpha value is -2.64. The number of carbonyl (C=O) groups excluding carboxylic acids is 1. The van der Waals surface area contributed by atoms with Crippen molar-refractivity contribution in [1.82, 2.24) is 15.3 Å². The van der Waals surface area contributed by atoms with Crippen LogP contribution < -0.4 is 16.4 Å². The third-order valence-corrected chi connectivity index (χ3v) is 4.75. The van der Waals surface area contributed by atoms with E-state index in [9.17, 15) is 4.79 Å². The van der Waals surface area contributed by atoms with Gasteiger partial charge in [-0.15, -0.1) is 0 Å². The normalized spacial score (nSPS) is 10.5. The van der Waals surface area contributed by atoms with Gasteiger partial charge >= 0.3 is 0 Å². The second-order valence-corrected chi connectivity index (χ2v) is 7.18. The second-order valence-electron chi connectivity index (χ2n) is 5.85. The van der Waals surface area contributed by atoms with Crippen molar-refractivity contribution in [1.29, 1.82) is 0 Å². The molecule has 0 saturated heterocycles. The van der Waals surface area contributed by atoms with Crippen LogP contribution in [-0.4, -0.2) is 22.9 Å². The highest BCUT2D eigenvalue weighted by atomic mass is 79.9. The average Bonchev–Trinajstić information content (AvgIpc) is 2.64. The first kappa shape index (κ1) is 19.1. The SMILES string of the molecule is CNC(=O)c1cc(Nc2cc(-c3cc(Br)ccc3C)nc(N)n2)ccc1Cl. The summed E-state index contributed by atoms with van der Waals surface area (Å²) in [7, 11) is 1.55. The van der Waals surface area contributed by atoms with Gasteiger partial charge in [0.25, 0.3) is 5.91 Å². The second kappa shape index (κ2) is 7.94. The number of anilines is 3. The van der Waals surface area contributed by atoms with Crippen LogP contribution in [0.3, 0.4) is 0 Å². The number of halogens is 2. The van der Waals surface area contributed by atoms with Gasteiger partial charge < -0.3 is 16.4 Å². The molecule has 2 aromatic carbocycles. The van der Waals surface area contributed by atoms with Gasteiger partial charge in [-0.2, -0.15) is 4.98 Å². The maximum absolute atomic E-state index is 11.9. The van der Waals surface area contributed by atoms with Gasteiger partial charge in [-0.05, 0) is 42.8 Å². The van der Waals surface area contributed by atoms with E-state index in [-0.39, 0.29) is 11.9 Å². The number of benzene rings is 2. The van der Waals surface area contributed by atoms with Crippen molar-refractivity contribution in [3.8, 4) is 11.3 Å². The Morgan fingerprint density at radius 1 is 1.15 bits per heavy atom. The molecule has 1 aromatic heterocycles. The standard InChI is InChI=1S/C19H17BrClN5O/c1-10-3-4-11(20)7-13(10)16-9-17(26-19(22)25-16)24-12-5-6-15(21)14(8-12)18(27)23-2/h3-9H,1-2H3,(H,23,27)(H3,22,24,25,26). The smallest absolute Gasteiger partial charge is 0.252 e. The molecule has 0 atom stereocenters. The number of carbonyl (C=O) groups is 1. The lowest BCUT2D eigenvalue weighted by atomic mass is 10.1. The van der Waals surface area contributed by atoms with Crippen LogP contribution in [0.2, 0.25) is 5.02 Å². The summed E-state index contributed by atoms with van der Waals surface area (Å²) in [6.45, 7) is 2.00. The van der Waals surface area contributed by atoms with Gasteiger partial charge in [0, 0.05) is 28.8 Å². The Bertz CT molecular complexity index is 1020. The van der Waals surface area contributed by atoms with Crippen molar-refractivity contribution in [3.05, 3.63) is 63.1 Å². The van der Waals surface area contributed by atoms with Gasteiger partial charge in [0.1, 0.15) is 5.82 Å². The topological polar surface area (TPSA) is 92.9 Å². The van der Waals surface area contributed by atoms with E-state index in [1.807, 2.05) is 25.1 Å². The highest BCUT2D eigenvalue weighted by Gasteiger charge is 2.12. The van der Waals surface area contributed by atoms with E-state index in [1.54, 1.807) is 31.3 Å². The number of amides is 1. The Balaban J connectivity index is 1.98. The number of nitrogens with two attached hydrogens (primary N) is 1. The highest BCUT2D eigenvalue weighted by molar-refractivity contribution is 9.10. The third kappa shape index (κ3) is 4.37. The summed E-state index contributed by atoms with van der Waals surface area (Å²) in [6, 6.07) is 12.8. The van der Waals surface area contributed by atoms with E-state index >= 15 is 0 Å². The number of nitrogen functional groups attached to an aromatic ring is 1. The molecule has 0 radical (unpaired) electrons. The zero-order valence-corrected chi connectivity index (χ0v) is 17.0. The number of hydrogen-bond donors (Lipinski definition) is 3. The first-order chi connectivity index (χ1) is 12.9. The van der Waals surface area contributed by atoms with Crippen LogP contribution in [-0.2, 0) is 0 Å². The maximum Gasteiger partial charge on any atom is 0.252 e. The van der Waals surface area contributed by atoms with Gasteiger partial charge in [0.15, 0.2) is 0 Å². The van der Waals surface area contributed by atoms with Crippen molar-refractivity contribution >= 4 is 50.9 Å². The zero-order valence-electron chi connectivity index (χ0n) is 14.7. The fourth-order valence-corrected chi connectivity index (χ4v) is 3.16. The number of aryl methyl sites for hydroxylation is 1. The van der Waals surface area contributed by atoms with Crippen molar-refractivity contribution in [2.45, 2.75) is 6.92 Å². The molecule has 0 unspecified atom stereocenters. The van der Waals surface area contributed by atoms with Crippen LogP contribution in [0, 0.1) is 6.92 Å². The van der Waals surface area contributed by atoms with E-state index in [4.69, 9.17) is 17.3 Å². The summed E-state index contributed by atoms with van der Waals surface area (Å²) in [5.41, 5.74) is 9.64. The molecule has 0 fully saturated rings. The van der Waals surface area contributed by atoms with Gasteiger partial charge in [-0.25, -0.2) is 4.98 Å². The Labute approximate surface area is 170 Å². The largest absolute Gasteiger partial charge is 0.368 e. The van der Waals surface area contributed by atoms with Crippen molar-refractivity contribution in [2.75, 3.05) is 18.1 Å². The van der Waals surface area contributed by atoms with Gasteiger partial charge in [0.05, 0.1) is 16.3 Å². The molecule has 0 saturated carbocycles. The number of nitrogens with zero attached hydrogens (tertiary/aromatic N) is 2. The molecule has 3 rings (SSSR count). The first-order valence-corrected chi connectivity index (χ1v) is 9.24. The molecule has 0 bridgehead atoms.